The second kappa shape index (κ2) is 7.19. The number of carbonyl (C=O) groups excluding carboxylic acids is 1. The Morgan fingerprint density at radius 2 is 2.00 bits per heavy atom. The number of nitrogens with zero attached hydrogens (tertiary/aromatic N) is 4. The molecule has 0 aliphatic carbocycles. The van der Waals surface area contributed by atoms with E-state index in [1.165, 1.54) is 25.4 Å². The van der Waals surface area contributed by atoms with Crippen LogP contribution in [0.2, 0.25) is 0 Å². The van der Waals surface area contributed by atoms with E-state index in [1.54, 1.807) is 16.8 Å². The van der Waals surface area contributed by atoms with Gasteiger partial charge in [0.15, 0.2) is 0 Å². The predicted molar refractivity (Wildman–Crippen MR) is 96.1 cm³/mol. The molecule has 0 aromatic carbocycles. The van der Waals surface area contributed by atoms with Crippen molar-refractivity contribution in [2.24, 2.45) is 0 Å². The van der Waals surface area contributed by atoms with E-state index >= 15 is 0 Å². The number of methoxy groups -OCH3 is 1. The van der Waals surface area contributed by atoms with Gasteiger partial charge in [-0.05, 0) is 30.7 Å². The molecule has 0 fully saturated rings. The van der Waals surface area contributed by atoms with Gasteiger partial charge in [-0.1, -0.05) is 0 Å². The van der Waals surface area contributed by atoms with Crippen LogP contribution in [0.5, 0.6) is 5.88 Å². The topological polar surface area (TPSA) is 81.9 Å². The Balaban J connectivity index is 1.56. The lowest BCUT2D eigenvalue weighted by Crippen LogP contribution is -2.27. The van der Waals surface area contributed by atoms with E-state index in [0.29, 0.717) is 35.7 Å². The number of rotatable bonds is 4. The number of alkyl halides is 3. The summed E-state index contributed by atoms with van der Waals surface area (Å²) in [5.74, 6) is 0.0322. The molecule has 4 rings (SSSR count). The van der Waals surface area contributed by atoms with Crippen molar-refractivity contribution in [3.63, 3.8) is 0 Å². The van der Waals surface area contributed by atoms with Gasteiger partial charge >= 0.3 is 6.18 Å². The van der Waals surface area contributed by atoms with Crippen molar-refractivity contribution in [3.8, 4) is 17.1 Å². The summed E-state index contributed by atoms with van der Waals surface area (Å²) < 4.78 is 45.5. The van der Waals surface area contributed by atoms with Crippen LogP contribution in [0, 0.1) is 0 Å². The quantitative estimate of drug-likeness (QED) is 0.723. The SMILES string of the molecule is COc1cc(C(=O)N[C@H]2CCn3nc(-c4ccnc(C(F)(F)F)c4)cc32)ccn1. The number of hydrogen-bond acceptors (Lipinski definition) is 5. The second-order valence-corrected chi connectivity index (χ2v) is 6.51. The van der Waals surface area contributed by atoms with Gasteiger partial charge in [-0.2, -0.15) is 18.3 Å². The van der Waals surface area contributed by atoms with Crippen molar-refractivity contribution in [3.05, 3.63) is 59.7 Å². The van der Waals surface area contributed by atoms with E-state index in [4.69, 9.17) is 4.74 Å². The summed E-state index contributed by atoms with van der Waals surface area (Å²) in [4.78, 5) is 19.9. The maximum absolute atomic E-state index is 12.9. The van der Waals surface area contributed by atoms with E-state index in [-0.39, 0.29) is 11.9 Å². The van der Waals surface area contributed by atoms with Crippen LogP contribution in [0.25, 0.3) is 11.3 Å². The Morgan fingerprint density at radius 1 is 1.21 bits per heavy atom. The van der Waals surface area contributed by atoms with E-state index in [0.717, 1.165) is 18.0 Å². The third kappa shape index (κ3) is 3.78. The first-order valence-electron chi connectivity index (χ1n) is 8.77. The lowest BCUT2D eigenvalue weighted by Gasteiger charge is -2.12. The van der Waals surface area contributed by atoms with Crippen molar-refractivity contribution in [2.45, 2.75) is 25.2 Å². The number of hydrogen-bond donors (Lipinski definition) is 1. The minimum Gasteiger partial charge on any atom is -0.481 e. The molecule has 29 heavy (non-hydrogen) atoms. The number of carbonyl (C=O) groups is 1. The Morgan fingerprint density at radius 3 is 2.76 bits per heavy atom. The summed E-state index contributed by atoms with van der Waals surface area (Å²) in [5, 5.41) is 7.31. The summed E-state index contributed by atoms with van der Waals surface area (Å²) >= 11 is 0. The van der Waals surface area contributed by atoms with Crippen LogP contribution in [0.15, 0.2) is 42.7 Å². The minimum atomic E-state index is -4.53. The van der Waals surface area contributed by atoms with Gasteiger partial charge in [0.05, 0.1) is 24.5 Å². The molecule has 0 saturated heterocycles. The molecular weight excluding hydrogens is 387 g/mol. The molecule has 3 aromatic heterocycles. The third-order valence-corrected chi connectivity index (χ3v) is 4.66. The molecule has 1 N–H and O–H groups in total. The summed E-state index contributed by atoms with van der Waals surface area (Å²) in [6.45, 7) is 0.553. The number of ether oxygens (including phenoxy) is 1. The lowest BCUT2D eigenvalue weighted by atomic mass is 10.1. The third-order valence-electron chi connectivity index (χ3n) is 4.66. The number of amides is 1. The average molecular weight is 403 g/mol. The molecule has 3 aromatic rings. The van der Waals surface area contributed by atoms with E-state index in [1.807, 2.05) is 0 Å². The predicted octanol–water partition coefficient (Wildman–Crippen LogP) is 3.24. The molecule has 0 unspecified atom stereocenters. The Kier molecular flexibility index (Phi) is 4.69. The highest BCUT2D eigenvalue weighted by Gasteiger charge is 2.33. The highest BCUT2D eigenvalue weighted by molar-refractivity contribution is 5.94. The first kappa shape index (κ1) is 18.9. The van der Waals surface area contributed by atoms with Crippen LogP contribution >= 0.6 is 0 Å². The van der Waals surface area contributed by atoms with E-state index < -0.39 is 11.9 Å². The molecule has 7 nitrogen and oxygen atoms in total. The largest absolute Gasteiger partial charge is 0.481 e. The van der Waals surface area contributed by atoms with Gasteiger partial charge in [-0.25, -0.2) is 4.98 Å². The molecule has 0 bridgehead atoms. The Bertz CT molecular complexity index is 1060. The van der Waals surface area contributed by atoms with Crippen LogP contribution < -0.4 is 10.1 Å². The standard InChI is InChI=1S/C19H16F3N5O2/c1-29-17-9-12(3-6-24-17)18(28)25-13-4-7-27-15(13)10-14(26-27)11-2-5-23-16(8-11)19(20,21)22/h2-3,5-6,8-10,13H,4,7H2,1H3,(H,25,28)/t13-/m0/s1. The Hall–Kier alpha value is -3.43. The fourth-order valence-corrected chi connectivity index (χ4v) is 3.23. The van der Waals surface area contributed by atoms with Gasteiger partial charge in [0.1, 0.15) is 5.69 Å². The van der Waals surface area contributed by atoms with Crippen molar-refractivity contribution in [2.75, 3.05) is 7.11 Å². The van der Waals surface area contributed by atoms with Crippen LogP contribution in [-0.4, -0.2) is 32.8 Å². The minimum absolute atomic E-state index is 0.296. The van der Waals surface area contributed by atoms with Crippen molar-refractivity contribution in [1.82, 2.24) is 25.1 Å². The zero-order valence-electron chi connectivity index (χ0n) is 15.3. The second-order valence-electron chi connectivity index (χ2n) is 6.51. The molecule has 10 heteroatoms. The molecule has 150 valence electrons. The zero-order valence-corrected chi connectivity index (χ0v) is 15.3. The molecular formula is C19H16F3N5O2. The summed E-state index contributed by atoms with van der Waals surface area (Å²) in [7, 11) is 1.46. The van der Waals surface area contributed by atoms with Crippen molar-refractivity contribution in [1.29, 1.82) is 0 Å². The van der Waals surface area contributed by atoms with Crippen LogP contribution in [0.3, 0.4) is 0 Å². The molecule has 1 amide bonds. The number of fused-ring (bicyclic) bond motifs is 1. The van der Waals surface area contributed by atoms with Gasteiger partial charge in [0.25, 0.3) is 5.91 Å². The number of aromatic nitrogens is 4. The lowest BCUT2D eigenvalue weighted by molar-refractivity contribution is -0.141. The highest BCUT2D eigenvalue weighted by Crippen LogP contribution is 2.33. The first-order chi connectivity index (χ1) is 13.8. The summed E-state index contributed by atoms with van der Waals surface area (Å²) in [5.41, 5.74) is 0.883. The van der Waals surface area contributed by atoms with E-state index in [9.17, 15) is 18.0 Å². The number of aryl methyl sites for hydroxylation is 1. The first-order valence-corrected chi connectivity index (χ1v) is 8.77. The van der Waals surface area contributed by atoms with Crippen molar-refractivity contribution < 1.29 is 22.7 Å². The van der Waals surface area contributed by atoms with Gasteiger partial charge in [-0.3, -0.25) is 14.5 Å². The molecule has 1 aliphatic rings. The van der Waals surface area contributed by atoms with Crippen LogP contribution in [0.1, 0.15) is 34.2 Å². The monoisotopic (exact) mass is 403 g/mol. The van der Waals surface area contributed by atoms with Crippen molar-refractivity contribution >= 4 is 5.91 Å². The maximum atomic E-state index is 12.9. The van der Waals surface area contributed by atoms with Crippen LogP contribution in [-0.2, 0) is 12.7 Å². The van der Waals surface area contributed by atoms with Gasteiger partial charge in [0.2, 0.25) is 5.88 Å². The number of nitrogens with one attached hydrogen (secondary N) is 1. The van der Waals surface area contributed by atoms with Gasteiger partial charge < -0.3 is 10.1 Å². The smallest absolute Gasteiger partial charge is 0.433 e. The van der Waals surface area contributed by atoms with E-state index in [2.05, 4.69) is 20.4 Å². The molecule has 1 atom stereocenters. The van der Waals surface area contributed by atoms with Gasteiger partial charge in [-0.15, -0.1) is 0 Å². The van der Waals surface area contributed by atoms with Gasteiger partial charge in [0, 0.05) is 36.1 Å². The number of halogens is 3. The maximum Gasteiger partial charge on any atom is 0.433 e. The highest BCUT2D eigenvalue weighted by atomic mass is 19.4. The fourth-order valence-electron chi connectivity index (χ4n) is 3.23. The number of pyridine rings is 2. The molecule has 4 heterocycles. The van der Waals surface area contributed by atoms with Crippen LogP contribution in [0.4, 0.5) is 13.2 Å². The molecule has 0 radical (unpaired) electrons. The fraction of sp³-hybridized carbons (Fsp3) is 0.263. The zero-order chi connectivity index (χ0) is 20.6. The molecule has 0 saturated carbocycles. The summed E-state index contributed by atoms with van der Waals surface area (Å²) in [6.07, 6.45) is -1.30. The Labute approximate surface area is 163 Å². The summed E-state index contributed by atoms with van der Waals surface area (Å²) in [6, 6.07) is 6.94. The molecule has 1 aliphatic heterocycles. The molecule has 0 spiro atoms. The average Bonchev–Trinajstić information content (AvgIpc) is 3.29. The normalized spacial score (nSPS) is 15.8.